The molecule has 2 aromatic rings. The van der Waals surface area contributed by atoms with Gasteiger partial charge in [0.15, 0.2) is 0 Å². The highest BCUT2D eigenvalue weighted by atomic mass is 16.5. The van der Waals surface area contributed by atoms with Crippen LogP contribution in [0.5, 0.6) is 0 Å². The van der Waals surface area contributed by atoms with Gasteiger partial charge in [-0.2, -0.15) is 0 Å². The van der Waals surface area contributed by atoms with E-state index in [9.17, 15) is 9.59 Å². The lowest BCUT2D eigenvalue weighted by Crippen LogP contribution is -2.56. The standard InChI is InChI=1S/C25H32N4O3/c1-18(2)28-24(31)25(10-6-11-29(16-25)23(30)22-9-5-12-32-22)13-19-7-3-4-8-21(19)20-14-26-17-27-15-20/h3-4,7-8,14-15,17-18,22H,5-6,9-13,16H2,1-2H3,(H,28,31)/t22-,25-/m1/s1. The predicted molar refractivity (Wildman–Crippen MR) is 122 cm³/mol. The van der Waals surface area contributed by atoms with Crippen LogP contribution in [0.25, 0.3) is 11.1 Å². The molecular weight excluding hydrogens is 404 g/mol. The molecule has 2 aliphatic rings. The number of likely N-dealkylation sites (tertiary alicyclic amines) is 1. The van der Waals surface area contributed by atoms with Gasteiger partial charge in [-0.15, -0.1) is 0 Å². The maximum atomic E-state index is 13.6. The number of carbonyl (C=O) groups is 2. The van der Waals surface area contributed by atoms with Crippen molar-refractivity contribution in [1.29, 1.82) is 0 Å². The number of rotatable bonds is 6. The summed E-state index contributed by atoms with van der Waals surface area (Å²) < 4.78 is 5.65. The molecule has 2 saturated heterocycles. The van der Waals surface area contributed by atoms with Crippen LogP contribution in [0.15, 0.2) is 43.0 Å². The van der Waals surface area contributed by atoms with Crippen LogP contribution in [-0.2, 0) is 20.7 Å². The summed E-state index contributed by atoms with van der Waals surface area (Å²) in [5.41, 5.74) is 2.31. The third-order valence-electron chi connectivity index (χ3n) is 6.41. The molecule has 0 spiro atoms. The summed E-state index contributed by atoms with van der Waals surface area (Å²) in [6, 6.07) is 8.12. The molecule has 32 heavy (non-hydrogen) atoms. The summed E-state index contributed by atoms with van der Waals surface area (Å²) >= 11 is 0. The van der Waals surface area contributed by atoms with Gasteiger partial charge in [-0.3, -0.25) is 9.59 Å². The van der Waals surface area contributed by atoms with Crippen molar-refractivity contribution < 1.29 is 14.3 Å². The number of nitrogens with zero attached hydrogens (tertiary/aromatic N) is 3. The van der Waals surface area contributed by atoms with Gasteiger partial charge in [-0.25, -0.2) is 9.97 Å². The molecule has 0 unspecified atom stereocenters. The molecule has 4 rings (SSSR count). The Balaban J connectivity index is 1.66. The van der Waals surface area contributed by atoms with Crippen LogP contribution < -0.4 is 5.32 Å². The normalized spacial score (nSPS) is 23.3. The second kappa shape index (κ2) is 9.77. The number of piperidine rings is 1. The van der Waals surface area contributed by atoms with Crippen LogP contribution in [0, 0.1) is 5.41 Å². The summed E-state index contributed by atoms with van der Waals surface area (Å²) in [4.78, 5) is 36.9. The molecular formula is C25H32N4O3. The zero-order valence-electron chi connectivity index (χ0n) is 18.9. The van der Waals surface area contributed by atoms with E-state index in [0.717, 1.165) is 42.4 Å². The summed E-state index contributed by atoms with van der Waals surface area (Å²) in [7, 11) is 0. The largest absolute Gasteiger partial charge is 0.368 e. The first-order chi connectivity index (χ1) is 15.5. The molecule has 3 heterocycles. The average Bonchev–Trinajstić information content (AvgIpc) is 3.34. The van der Waals surface area contributed by atoms with Gasteiger partial charge in [-0.1, -0.05) is 24.3 Å². The second-order valence-corrected chi connectivity index (χ2v) is 9.23. The molecule has 1 N–H and O–H groups in total. The third kappa shape index (κ3) is 4.83. The number of hydrogen-bond donors (Lipinski definition) is 1. The van der Waals surface area contributed by atoms with Gasteiger partial charge in [0.25, 0.3) is 5.91 Å². The van der Waals surface area contributed by atoms with Crippen molar-refractivity contribution in [2.45, 2.75) is 58.1 Å². The highest BCUT2D eigenvalue weighted by Gasteiger charge is 2.45. The van der Waals surface area contributed by atoms with Crippen LogP contribution in [-0.4, -0.2) is 58.5 Å². The Morgan fingerprint density at radius 3 is 2.72 bits per heavy atom. The van der Waals surface area contributed by atoms with Crippen LogP contribution in [0.2, 0.25) is 0 Å². The van der Waals surface area contributed by atoms with Crippen molar-refractivity contribution in [2.75, 3.05) is 19.7 Å². The van der Waals surface area contributed by atoms with Crippen LogP contribution in [0.3, 0.4) is 0 Å². The minimum Gasteiger partial charge on any atom is -0.368 e. The van der Waals surface area contributed by atoms with Gasteiger partial charge >= 0.3 is 0 Å². The number of aromatic nitrogens is 2. The quantitative estimate of drug-likeness (QED) is 0.753. The zero-order chi connectivity index (χ0) is 22.6. The van der Waals surface area contributed by atoms with Crippen LogP contribution in [0.4, 0.5) is 0 Å². The van der Waals surface area contributed by atoms with E-state index < -0.39 is 5.41 Å². The number of nitrogens with one attached hydrogen (secondary N) is 1. The minimum absolute atomic E-state index is 0.0106. The minimum atomic E-state index is -0.692. The molecule has 0 radical (unpaired) electrons. The highest BCUT2D eigenvalue weighted by molar-refractivity contribution is 5.86. The fourth-order valence-corrected chi connectivity index (χ4v) is 4.88. The summed E-state index contributed by atoms with van der Waals surface area (Å²) in [6.45, 7) is 5.65. The molecule has 0 aliphatic carbocycles. The molecule has 0 saturated carbocycles. The SMILES string of the molecule is CC(C)NC(=O)[C@@]1(Cc2ccccc2-c2cncnc2)CCCN(C(=O)[C@H]2CCCO2)C1. The van der Waals surface area contributed by atoms with Crippen molar-refractivity contribution in [1.82, 2.24) is 20.2 Å². The van der Waals surface area contributed by atoms with Gasteiger partial charge < -0.3 is 15.0 Å². The Hall–Kier alpha value is -2.80. The first kappa shape index (κ1) is 22.4. The fourth-order valence-electron chi connectivity index (χ4n) is 4.88. The van der Waals surface area contributed by atoms with Gasteiger partial charge in [0.05, 0.1) is 5.41 Å². The van der Waals surface area contributed by atoms with E-state index in [4.69, 9.17) is 4.74 Å². The molecule has 1 aromatic heterocycles. The topological polar surface area (TPSA) is 84.4 Å². The Morgan fingerprint density at radius 2 is 2.00 bits per heavy atom. The second-order valence-electron chi connectivity index (χ2n) is 9.23. The van der Waals surface area contributed by atoms with Gasteiger partial charge in [0, 0.05) is 43.7 Å². The smallest absolute Gasteiger partial charge is 0.251 e. The van der Waals surface area contributed by atoms with E-state index >= 15 is 0 Å². The molecule has 0 bridgehead atoms. The number of carbonyl (C=O) groups excluding carboxylic acids is 2. The summed E-state index contributed by atoms with van der Waals surface area (Å²) in [6.07, 6.45) is 8.48. The van der Waals surface area contributed by atoms with Gasteiger partial charge in [0.2, 0.25) is 5.91 Å². The Morgan fingerprint density at radius 1 is 1.22 bits per heavy atom. The number of hydrogen-bond acceptors (Lipinski definition) is 5. The lowest BCUT2D eigenvalue weighted by Gasteiger charge is -2.43. The molecule has 2 atom stereocenters. The average molecular weight is 437 g/mol. The Labute approximate surface area is 189 Å². The van der Waals surface area contributed by atoms with Crippen molar-refractivity contribution in [2.24, 2.45) is 5.41 Å². The van der Waals surface area contributed by atoms with Crippen molar-refractivity contribution in [3.8, 4) is 11.1 Å². The molecule has 1 aromatic carbocycles. The number of ether oxygens (including phenoxy) is 1. The zero-order valence-corrected chi connectivity index (χ0v) is 18.9. The van der Waals surface area contributed by atoms with E-state index in [2.05, 4.69) is 21.4 Å². The van der Waals surface area contributed by atoms with E-state index in [1.807, 2.05) is 36.9 Å². The lowest BCUT2D eigenvalue weighted by molar-refractivity contribution is -0.148. The maximum absolute atomic E-state index is 13.6. The first-order valence-electron chi connectivity index (χ1n) is 11.5. The van der Waals surface area contributed by atoms with Crippen molar-refractivity contribution in [3.05, 3.63) is 48.5 Å². The van der Waals surface area contributed by atoms with Crippen LogP contribution in [0.1, 0.15) is 45.1 Å². The molecule has 2 amide bonds. The molecule has 2 fully saturated rings. The Kier molecular flexibility index (Phi) is 6.84. The molecule has 7 heteroatoms. The van der Waals surface area contributed by atoms with E-state index in [1.165, 1.54) is 6.33 Å². The third-order valence-corrected chi connectivity index (χ3v) is 6.41. The molecule has 2 aliphatic heterocycles. The number of benzene rings is 1. The van der Waals surface area contributed by atoms with Crippen molar-refractivity contribution >= 4 is 11.8 Å². The van der Waals surface area contributed by atoms with Crippen molar-refractivity contribution in [3.63, 3.8) is 0 Å². The molecule has 170 valence electrons. The van der Waals surface area contributed by atoms with E-state index in [-0.39, 0.29) is 24.0 Å². The van der Waals surface area contributed by atoms with Gasteiger partial charge in [-0.05, 0) is 57.1 Å². The fraction of sp³-hybridized carbons (Fsp3) is 0.520. The Bertz CT molecular complexity index is 943. The summed E-state index contributed by atoms with van der Waals surface area (Å²) in [5.74, 6) is 0.0325. The molecule has 7 nitrogen and oxygen atoms in total. The summed E-state index contributed by atoms with van der Waals surface area (Å²) in [5, 5.41) is 3.13. The van der Waals surface area contributed by atoms with E-state index in [1.54, 1.807) is 12.4 Å². The predicted octanol–water partition coefficient (Wildman–Crippen LogP) is 3.00. The first-order valence-corrected chi connectivity index (χ1v) is 11.5. The monoisotopic (exact) mass is 436 g/mol. The highest BCUT2D eigenvalue weighted by Crippen LogP contribution is 2.37. The lowest BCUT2D eigenvalue weighted by atomic mass is 9.73. The van der Waals surface area contributed by atoms with E-state index in [0.29, 0.717) is 26.1 Å². The van der Waals surface area contributed by atoms with Crippen LogP contribution >= 0.6 is 0 Å². The maximum Gasteiger partial charge on any atom is 0.251 e. The number of amides is 2. The van der Waals surface area contributed by atoms with Gasteiger partial charge in [0.1, 0.15) is 12.4 Å².